The molecule has 64 valence electrons. The highest BCUT2D eigenvalue weighted by Gasteiger charge is 2.02. The summed E-state index contributed by atoms with van der Waals surface area (Å²) in [7, 11) is 0. The first-order chi connectivity index (χ1) is 5.77. The summed E-state index contributed by atoms with van der Waals surface area (Å²) in [5, 5.41) is 0. The summed E-state index contributed by atoms with van der Waals surface area (Å²) < 4.78 is 0. The number of hydrogen-bond acceptors (Lipinski definition) is 3. The highest BCUT2D eigenvalue weighted by Crippen LogP contribution is 2.16. The predicted molar refractivity (Wildman–Crippen MR) is 51.2 cm³/mol. The Hall–Kier alpha value is -0.800. The molecule has 0 saturated heterocycles. The topological polar surface area (TPSA) is 43.1 Å². The molecular weight excluding hydrogens is 170 g/mol. The number of hydrogen-bond donors (Lipinski definition) is 1. The molecule has 0 spiro atoms. The molecule has 0 radical (unpaired) electrons. The molecule has 1 aromatic carbocycles. The van der Waals surface area contributed by atoms with Crippen LogP contribution in [0.3, 0.4) is 0 Å². The van der Waals surface area contributed by atoms with E-state index < -0.39 is 6.04 Å². The molecule has 0 aliphatic heterocycles. The first kappa shape index (κ1) is 9.29. The third-order valence-electron chi connectivity index (χ3n) is 1.65. The Morgan fingerprint density at radius 1 is 1.42 bits per heavy atom. The van der Waals surface area contributed by atoms with Gasteiger partial charge in [-0.15, -0.1) is 11.8 Å². The third-order valence-corrected chi connectivity index (χ3v) is 2.39. The monoisotopic (exact) mass is 181 g/mol. The zero-order chi connectivity index (χ0) is 8.97. The highest BCUT2D eigenvalue weighted by atomic mass is 32.2. The lowest BCUT2D eigenvalue weighted by Crippen LogP contribution is -2.10. The smallest absolute Gasteiger partial charge is 0.141 e. The molecule has 3 heteroatoms. The standard InChI is InChI=1S/C9H11NOS/c1-12-8-4-2-7(3-5-8)9(10)6-11/h2-6,9H,10H2,1H3. The molecule has 0 aliphatic carbocycles. The molecule has 0 aromatic heterocycles. The van der Waals surface area contributed by atoms with Crippen molar-refractivity contribution in [3.8, 4) is 0 Å². The Morgan fingerprint density at radius 3 is 2.42 bits per heavy atom. The predicted octanol–water partition coefficient (Wildman–Crippen LogP) is 1.61. The molecule has 1 aromatic rings. The van der Waals surface area contributed by atoms with Gasteiger partial charge in [0.05, 0.1) is 6.04 Å². The Bertz CT molecular complexity index is 258. The van der Waals surface area contributed by atoms with Crippen LogP contribution in [-0.2, 0) is 4.79 Å². The number of benzene rings is 1. The van der Waals surface area contributed by atoms with E-state index in [1.54, 1.807) is 11.8 Å². The van der Waals surface area contributed by atoms with Crippen molar-refractivity contribution in [3.63, 3.8) is 0 Å². The molecule has 0 amide bonds. The normalized spacial score (nSPS) is 12.5. The van der Waals surface area contributed by atoms with Gasteiger partial charge in [-0.3, -0.25) is 0 Å². The fraction of sp³-hybridized carbons (Fsp3) is 0.222. The lowest BCUT2D eigenvalue weighted by atomic mass is 10.1. The molecule has 0 saturated carbocycles. The third kappa shape index (κ3) is 2.09. The van der Waals surface area contributed by atoms with Crippen molar-refractivity contribution in [2.24, 2.45) is 5.73 Å². The summed E-state index contributed by atoms with van der Waals surface area (Å²) >= 11 is 1.67. The van der Waals surface area contributed by atoms with Gasteiger partial charge in [0.25, 0.3) is 0 Å². The van der Waals surface area contributed by atoms with E-state index in [1.165, 1.54) is 4.90 Å². The van der Waals surface area contributed by atoms with E-state index >= 15 is 0 Å². The lowest BCUT2D eigenvalue weighted by molar-refractivity contribution is -0.109. The van der Waals surface area contributed by atoms with Gasteiger partial charge in [-0.25, -0.2) is 0 Å². The quantitative estimate of drug-likeness (QED) is 0.569. The van der Waals surface area contributed by atoms with Crippen LogP contribution in [0.2, 0.25) is 0 Å². The molecule has 12 heavy (non-hydrogen) atoms. The van der Waals surface area contributed by atoms with E-state index in [9.17, 15) is 4.79 Å². The number of rotatable bonds is 3. The van der Waals surface area contributed by atoms with Gasteiger partial charge in [-0.1, -0.05) is 12.1 Å². The Kier molecular flexibility index (Phi) is 3.31. The van der Waals surface area contributed by atoms with Crippen molar-refractivity contribution in [2.45, 2.75) is 10.9 Å². The summed E-state index contributed by atoms with van der Waals surface area (Å²) in [6, 6.07) is 7.20. The van der Waals surface area contributed by atoms with Gasteiger partial charge in [-0.2, -0.15) is 0 Å². The Morgan fingerprint density at radius 2 is 2.00 bits per heavy atom. The largest absolute Gasteiger partial charge is 0.318 e. The molecule has 1 rings (SSSR count). The van der Waals surface area contributed by atoms with Gasteiger partial charge in [-0.05, 0) is 24.0 Å². The van der Waals surface area contributed by atoms with Crippen molar-refractivity contribution in [1.82, 2.24) is 0 Å². The first-order valence-corrected chi connectivity index (χ1v) is 4.85. The van der Waals surface area contributed by atoms with E-state index in [0.29, 0.717) is 0 Å². The van der Waals surface area contributed by atoms with E-state index in [-0.39, 0.29) is 0 Å². The second-order valence-electron chi connectivity index (χ2n) is 2.44. The van der Waals surface area contributed by atoms with Crippen molar-refractivity contribution < 1.29 is 4.79 Å². The van der Waals surface area contributed by atoms with Crippen LogP contribution in [0.4, 0.5) is 0 Å². The lowest BCUT2D eigenvalue weighted by Gasteiger charge is -2.03. The van der Waals surface area contributed by atoms with Crippen LogP contribution < -0.4 is 5.73 Å². The van der Waals surface area contributed by atoms with Crippen molar-refractivity contribution >= 4 is 18.0 Å². The Balaban J connectivity index is 2.84. The van der Waals surface area contributed by atoms with Crippen molar-refractivity contribution in [2.75, 3.05) is 6.26 Å². The number of thioether (sulfide) groups is 1. The second kappa shape index (κ2) is 4.28. The first-order valence-electron chi connectivity index (χ1n) is 3.62. The maximum atomic E-state index is 10.3. The van der Waals surface area contributed by atoms with Crippen LogP contribution in [0.15, 0.2) is 29.2 Å². The van der Waals surface area contributed by atoms with Crippen LogP contribution in [0.5, 0.6) is 0 Å². The minimum atomic E-state index is -0.485. The van der Waals surface area contributed by atoms with Gasteiger partial charge in [0, 0.05) is 4.90 Å². The van der Waals surface area contributed by atoms with Crippen molar-refractivity contribution in [3.05, 3.63) is 29.8 Å². The summed E-state index contributed by atoms with van der Waals surface area (Å²) in [5.74, 6) is 0. The molecule has 0 heterocycles. The van der Waals surface area contributed by atoms with Gasteiger partial charge in [0.2, 0.25) is 0 Å². The molecule has 1 atom stereocenters. The zero-order valence-corrected chi connectivity index (χ0v) is 7.67. The van der Waals surface area contributed by atoms with E-state index in [1.807, 2.05) is 30.5 Å². The zero-order valence-electron chi connectivity index (χ0n) is 6.86. The second-order valence-corrected chi connectivity index (χ2v) is 3.31. The number of carbonyl (C=O) groups excluding carboxylic acids is 1. The molecule has 0 bridgehead atoms. The van der Waals surface area contributed by atoms with Crippen LogP contribution in [0.1, 0.15) is 11.6 Å². The number of nitrogens with two attached hydrogens (primary N) is 1. The molecule has 1 unspecified atom stereocenters. The summed E-state index contributed by atoms with van der Waals surface area (Å²) in [4.78, 5) is 11.5. The minimum absolute atomic E-state index is 0.485. The fourth-order valence-corrected chi connectivity index (χ4v) is 1.31. The van der Waals surface area contributed by atoms with Crippen molar-refractivity contribution in [1.29, 1.82) is 0 Å². The molecule has 0 aliphatic rings. The van der Waals surface area contributed by atoms with Gasteiger partial charge < -0.3 is 10.5 Å². The maximum Gasteiger partial charge on any atom is 0.141 e. The van der Waals surface area contributed by atoms with Crippen LogP contribution in [0, 0.1) is 0 Å². The van der Waals surface area contributed by atoms with E-state index in [4.69, 9.17) is 5.73 Å². The van der Waals surface area contributed by atoms with E-state index in [2.05, 4.69) is 0 Å². The number of aldehydes is 1. The van der Waals surface area contributed by atoms with Crippen LogP contribution in [0.25, 0.3) is 0 Å². The fourth-order valence-electron chi connectivity index (χ4n) is 0.905. The minimum Gasteiger partial charge on any atom is -0.318 e. The molecular formula is C9H11NOS. The molecule has 2 nitrogen and oxygen atoms in total. The van der Waals surface area contributed by atoms with Gasteiger partial charge >= 0.3 is 0 Å². The highest BCUT2D eigenvalue weighted by molar-refractivity contribution is 7.98. The summed E-state index contributed by atoms with van der Waals surface area (Å²) in [6.07, 6.45) is 2.75. The maximum absolute atomic E-state index is 10.3. The average Bonchev–Trinajstić information content (AvgIpc) is 2.17. The SMILES string of the molecule is CSc1ccc(C(N)C=O)cc1. The molecule has 0 fully saturated rings. The summed E-state index contributed by atoms with van der Waals surface area (Å²) in [5.41, 5.74) is 6.37. The summed E-state index contributed by atoms with van der Waals surface area (Å²) in [6.45, 7) is 0. The van der Waals surface area contributed by atoms with Crippen LogP contribution >= 0.6 is 11.8 Å². The number of carbonyl (C=O) groups is 1. The average molecular weight is 181 g/mol. The Labute approximate surface area is 76.2 Å². The molecule has 2 N–H and O–H groups in total. The van der Waals surface area contributed by atoms with E-state index in [0.717, 1.165) is 11.8 Å². The van der Waals surface area contributed by atoms with Gasteiger partial charge in [0.1, 0.15) is 6.29 Å². The van der Waals surface area contributed by atoms with Crippen LogP contribution in [-0.4, -0.2) is 12.5 Å². The van der Waals surface area contributed by atoms with Gasteiger partial charge in [0.15, 0.2) is 0 Å².